The molecule has 0 atom stereocenters. The van der Waals surface area contributed by atoms with Crippen molar-refractivity contribution in [2.24, 2.45) is 0 Å². The van der Waals surface area contributed by atoms with Gasteiger partial charge in [-0.1, -0.05) is 50.9 Å². The average molecular weight is 354 g/mol. The smallest absolute Gasteiger partial charge is 0.119 e. The Balaban J connectivity index is 3.07. The van der Waals surface area contributed by atoms with Crippen LogP contribution >= 0.6 is 21.8 Å². The lowest BCUT2D eigenvalue weighted by Gasteiger charge is -2.12. The van der Waals surface area contributed by atoms with Crippen molar-refractivity contribution < 1.29 is 4.74 Å². The van der Waals surface area contributed by atoms with Crippen LogP contribution in [0.15, 0.2) is 12.2 Å². The Morgan fingerprint density at radius 2 is 1.69 bits per heavy atom. The van der Waals surface area contributed by atoms with Crippen LogP contribution in [0.25, 0.3) is 0 Å². The van der Waals surface area contributed by atoms with E-state index in [0.717, 1.165) is 18.8 Å². The first-order valence-corrected chi connectivity index (χ1v) is 12.6. The molecule has 0 radical (unpaired) electrons. The van der Waals surface area contributed by atoms with Gasteiger partial charge in [0, 0.05) is 6.61 Å². The van der Waals surface area contributed by atoms with Gasteiger partial charge in [0.2, 0.25) is 0 Å². The van der Waals surface area contributed by atoms with E-state index >= 15 is 0 Å². The summed E-state index contributed by atoms with van der Waals surface area (Å²) in [6, 6.07) is 1.47. The first kappa shape index (κ1) is 16.6. The summed E-state index contributed by atoms with van der Waals surface area (Å²) in [5.41, 5.74) is 0.304. The lowest BCUT2D eigenvalue weighted by atomic mass is 10.2. The first-order chi connectivity index (χ1) is 7.42. The van der Waals surface area contributed by atoms with Crippen LogP contribution in [0.5, 0.6) is 0 Å². The van der Waals surface area contributed by atoms with Crippen molar-refractivity contribution in [3.8, 4) is 0 Å². The van der Waals surface area contributed by atoms with Crippen LogP contribution in [0.2, 0.25) is 19.1 Å². The van der Waals surface area contributed by atoms with Gasteiger partial charge in [0.1, 0.15) is 5.57 Å². The summed E-state index contributed by atoms with van der Waals surface area (Å²) in [7, 11) is 0. The van der Waals surface area contributed by atoms with Crippen LogP contribution in [-0.2, 0) is 4.74 Å². The fraction of sp³-hybridized carbons (Fsp3) is 0.846. The van der Waals surface area contributed by atoms with Gasteiger partial charge in [-0.05, 0) is 19.4 Å². The second-order valence-corrected chi connectivity index (χ2v) is 17.9. The fourth-order valence-electron chi connectivity index (χ4n) is 1.53. The van der Waals surface area contributed by atoms with Gasteiger partial charge in [-0.2, -0.15) is 0 Å². The number of rotatable bonds is 10. The van der Waals surface area contributed by atoms with Gasteiger partial charge in [0.15, 0.2) is 0 Å². The number of hydrogen-bond donors (Lipinski definition) is 0. The van der Waals surface area contributed by atoms with E-state index in [1.165, 1.54) is 38.1 Å². The molecule has 16 heavy (non-hydrogen) atoms. The second-order valence-electron chi connectivity index (χ2n) is 5.25. The summed E-state index contributed by atoms with van der Waals surface area (Å²) in [6.45, 7) is 12.3. The Morgan fingerprint density at radius 1 is 1.12 bits per heavy atom. The Morgan fingerprint density at radius 3 is 2.25 bits per heavy atom. The fourth-order valence-corrected chi connectivity index (χ4v) is 3.76. The highest BCUT2D eigenvalue weighted by molar-refractivity contribution is 14.1. The molecule has 0 aliphatic rings. The minimum Gasteiger partial charge on any atom is -0.377 e. The lowest BCUT2D eigenvalue weighted by Crippen LogP contribution is -2.13. The van der Waals surface area contributed by atoms with E-state index in [0.29, 0.717) is 0 Å². The summed E-state index contributed by atoms with van der Waals surface area (Å²) < 4.78 is 5.46. The molecule has 0 aromatic rings. The number of ether oxygens (including phenoxy) is 1. The molecule has 3 heteroatoms. The monoisotopic (exact) mass is 354 g/mol. The predicted molar refractivity (Wildman–Crippen MR) is 85.0 cm³/mol. The quantitative estimate of drug-likeness (QED) is 0.173. The maximum absolute atomic E-state index is 5.46. The third kappa shape index (κ3) is 14.6. The zero-order chi connectivity index (χ0) is 12.4. The third-order valence-electron chi connectivity index (χ3n) is 2.41. The van der Waals surface area contributed by atoms with Crippen molar-refractivity contribution in [3.05, 3.63) is 12.2 Å². The van der Waals surface area contributed by atoms with Crippen molar-refractivity contribution in [2.45, 2.75) is 58.2 Å². The van der Waals surface area contributed by atoms with Crippen molar-refractivity contribution in [1.29, 1.82) is 0 Å². The normalized spacial score (nSPS) is 11.8. The van der Waals surface area contributed by atoms with E-state index < -0.39 is 5.57 Å². The molecule has 0 saturated carbocycles. The molecule has 96 valence electrons. The van der Waals surface area contributed by atoms with Crippen LogP contribution in [-0.4, -0.2) is 18.8 Å². The minimum absolute atomic E-state index is 0.731. The highest BCUT2D eigenvalue weighted by Gasteiger charge is 2.14. The third-order valence-corrected chi connectivity index (χ3v) is 5.57. The van der Waals surface area contributed by atoms with E-state index in [4.69, 9.17) is 4.74 Å². The van der Waals surface area contributed by atoms with Crippen LogP contribution in [0, 0.1) is 0 Å². The molecule has 0 aromatic carbocycles. The topological polar surface area (TPSA) is 9.23 Å². The van der Waals surface area contributed by atoms with Gasteiger partial charge in [0.25, 0.3) is 0 Å². The first-order valence-electron chi connectivity index (χ1n) is 6.33. The van der Waals surface area contributed by atoms with E-state index in [1.807, 2.05) is 6.92 Å². The van der Waals surface area contributed by atoms with Gasteiger partial charge in [-0.15, -0.1) is 21.8 Å². The summed E-state index contributed by atoms with van der Waals surface area (Å²) in [5.74, 6) is 0. The summed E-state index contributed by atoms with van der Waals surface area (Å²) in [4.78, 5) is 0. The number of halogens is 1. The summed E-state index contributed by atoms with van der Waals surface area (Å²) in [6.07, 6.45) is 6.73. The molecule has 1 nitrogen and oxygen atoms in total. The van der Waals surface area contributed by atoms with Crippen LogP contribution in [0.3, 0.4) is 0 Å². The Hall–Kier alpha value is 0.647. The molecule has 0 aliphatic carbocycles. The number of hydrogen-bond acceptors (Lipinski definition) is 1. The molecule has 0 aliphatic heterocycles. The largest absolute Gasteiger partial charge is 0.377 e. The molecule has 0 heterocycles. The van der Waals surface area contributed by atoms with Gasteiger partial charge in [-0.25, -0.2) is 0 Å². The molecular formula is C13H27IOSi. The zero-order valence-corrected chi connectivity index (χ0v) is 14.3. The van der Waals surface area contributed by atoms with Gasteiger partial charge < -0.3 is 4.74 Å². The van der Waals surface area contributed by atoms with Crippen molar-refractivity contribution in [1.82, 2.24) is 0 Å². The Kier molecular flexibility index (Phi) is 10.0. The average Bonchev–Trinajstić information content (AvgIpc) is 2.13. The Bertz CT molecular complexity index is 187. The van der Waals surface area contributed by atoms with E-state index in [2.05, 4.69) is 41.5 Å². The van der Waals surface area contributed by atoms with Crippen molar-refractivity contribution in [3.63, 3.8) is 0 Å². The number of unbranched alkanes of at least 4 members (excludes halogenated alkanes) is 4. The van der Waals surface area contributed by atoms with E-state index in [1.54, 1.807) is 0 Å². The molecule has 0 N–H and O–H groups in total. The molecule has 0 unspecified atom stereocenters. The lowest BCUT2D eigenvalue weighted by molar-refractivity contribution is 0.151. The molecule has 0 rings (SSSR count). The zero-order valence-electron chi connectivity index (χ0n) is 11.2. The molecule has 0 spiro atoms. The van der Waals surface area contributed by atoms with Crippen LogP contribution < -0.4 is 0 Å². The SMILES string of the molecule is C=C(C)COCCCCCCC[Si](C)(C)I. The summed E-state index contributed by atoms with van der Waals surface area (Å²) >= 11 is 2.67. The summed E-state index contributed by atoms with van der Waals surface area (Å²) in [5, 5.41) is 0. The molecule has 0 fully saturated rings. The van der Waals surface area contributed by atoms with Crippen LogP contribution in [0.4, 0.5) is 0 Å². The highest BCUT2D eigenvalue weighted by Crippen LogP contribution is 2.21. The van der Waals surface area contributed by atoms with Gasteiger partial charge >= 0.3 is 0 Å². The van der Waals surface area contributed by atoms with Crippen LogP contribution in [0.1, 0.15) is 39.0 Å². The second kappa shape index (κ2) is 9.65. The molecule has 0 bridgehead atoms. The molecule has 0 aromatic heterocycles. The maximum Gasteiger partial charge on any atom is 0.119 e. The molecular weight excluding hydrogens is 327 g/mol. The maximum atomic E-state index is 5.46. The Labute approximate surface area is 115 Å². The molecule has 0 saturated heterocycles. The van der Waals surface area contributed by atoms with Crippen molar-refractivity contribution in [2.75, 3.05) is 13.2 Å². The van der Waals surface area contributed by atoms with Gasteiger partial charge in [-0.3, -0.25) is 0 Å². The van der Waals surface area contributed by atoms with Crippen molar-refractivity contribution >= 4 is 27.4 Å². The van der Waals surface area contributed by atoms with E-state index in [-0.39, 0.29) is 0 Å². The minimum atomic E-state index is -0.815. The highest BCUT2D eigenvalue weighted by atomic mass is 127. The van der Waals surface area contributed by atoms with Gasteiger partial charge in [0.05, 0.1) is 6.61 Å². The van der Waals surface area contributed by atoms with E-state index in [9.17, 15) is 0 Å². The standard InChI is InChI=1S/C13H27IOSi/c1-13(2)12-15-10-8-6-5-7-9-11-16(3,4)14/h1,5-12H2,2-4H3. The molecule has 0 amide bonds. The predicted octanol–water partition coefficient (Wildman–Crippen LogP) is 5.17.